The van der Waals surface area contributed by atoms with Crippen molar-refractivity contribution in [2.75, 3.05) is 32.6 Å². The minimum absolute atomic E-state index is 0.187. The number of nitrogens with two attached hydrogens (primary N) is 1. The number of carbonyl (C=O) groups excluding carboxylic acids is 1. The average Bonchev–Trinajstić information content (AvgIpc) is 2.36. The third-order valence-corrected chi connectivity index (χ3v) is 3.12. The van der Waals surface area contributed by atoms with E-state index in [4.69, 9.17) is 10.5 Å². The van der Waals surface area contributed by atoms with E-state index in [1.165, 1.54) is 0 Å². The van der Waals surface area contributed by atoms with E-state index in [1.54, 1.807) is 0 Å². The molecular weight excluding hydrogens is 266 g/mol. The van der Waals surface area contributed by atoms with E-state index >= 15 is 0 Å². The Kier molecular flexibility index (Phi) is 6.18. The number of nitrogens with zero attached hydrogens (tertiary/aromatic N) is 1. The Bertz CT molecular complexity index is 467. The summed E-state index contributed by atoms with van der Waals surface area (Å²) in [4.78, 5) is 14.1. The van der Waals surface area contributed by atoms with Crippen LogP contribution in [0.15, 0.2) is 24.3 Å². The maximum Gasteiger partial charge on any atom is 0.241 e. The van der Waals surface area contributed by atoms with Crippen LogP contribution in [0.3, 0.4) is 0 Å². The number of carbonyl (C=O) groups is 1. The lowest BCUT2D eigenvalue weighted by molar-refractivity contribution is -0.119. The Morgan fingerprint density at radius 1 is 1.38 bits per heavy atom. The fourth-order valence-electron chi connectivity index (χ4n) is 1.62. The van der Waals surface area contributed by atoms with Gasteiger partial charge in [0.1, 0.15) is 12.4 Å². The standard InChI is InChI=1S/C16H27N3O2/c1-16(2,3)14(17)15(20)18-12-7-6-8-13(11-12)21-10-9-19(4)5/h6-8,11,14H,9-10,17H2,1-5H3,(H,18,20)/t14-/m1/s1. The van der Waals surface area contributed by atoms with E-state index in [0.717, 1.165) is 12.3 Å². The predicted octanol–water partition coefficient (Wildman–Crippen LogP) is 1.94. The Balaban J connectivity index is 2.62. The van der Waals surface area contributed by atoms with E-state index < -0.39 is 6.04 Å². The van der Waals surface area contributed by atoms with Gasteiger partial charge in [-0.25, -0.2) is 0 Å². The van der Waals surface area contributed by atoms with Gasteiger partial charge in [0.05, 0.1) is 6.04 Å². The molecule has 0 unspecified atom stereocenters. The molecule has 1 atom stereocenters. The van der Waals surface area contributed by atoms with Crippen LogP contribution in [0.5, 0.6) is 5.75 Å². The molecule has 0 saturated heterocycles. The summed E-state index contributed by atoms with van der Waals surface area (Å²) < 4.78 is 5.64. The molecule has 1 amide bonds. The van der Waals surface area contributed by atoms with Crippen LogP contribution in [0.2, 0.25) is 0 Å². The van der Waals surface area contributed by atoms with Gasteiger partial charge >= 0.3 is 0 Å². The molecule has 0 heterocycles. The van der Waals surface area contributed by atoms with Gasteiger partial charge in [-0.1, -0.05) is 26.8 Å². The second-order valence-corrected chi connectivity index (χ2v) is 6.51. The number of anilines is 1. The van der Waals surface area contributed by atoms with Crippen LogP contribution in [0.4, 0.5) is 5.69 Å². The van der Waals surface area contributed by atoms with Crippen LogP contribution in [-0.4, -0.2) is 44.1 Å². The zero-order chi connectivity index (χ0) is 16.0. The van der Waals surface area contributed by atoms with Crippen LogP contribution >= 0.6 is 0 Å². The molecule has 0 spiro atoms. The highest BCUT2D eigenvalue weighted by atomic mass is 16.5. The molecule has 0 aliphatic carbocycles. The molecule has 1 aromatic rings. The van der Waals surface area contributed by atoms with Gasteiger partial charge in [-0.3, -0.25) is 4.79 Å². The van der Waals surface area contributed by atoms with Crippen LogP contribution < -0.4 is 15.8 Å². The highest BCUT2D eigenvalue weighted by Crippen LogP contribution is 2.21. The molecule has 1 aromatic carbocycles. The number of rotatable bonds is 6. The minimum Gasteiger partial charge on any atom is -0.492 e. The van der Waals surface area contributed by atoms with Crippen molar-refractivity contribution in [3.8, 4) is 5.75 Å². The maximum absolute atomic E-state index is 12.1. The third kappa shape index (κ3) is 6.14. The molecule has 0 aliphatic rings. The first kappa shape index (κ1) is 17.5. The van der Waals surface area contributed by atoms with Crippen molar-refractivity contribution in [3.63, 3.8) is 0 Å². The Morgan fingerprint density at radius 3 is 2.62 bits per heavy atom. The van der Waals surface area contributed by atoms with Crippen LogP contribution in [0, 0.1) is 5.41 Å². The van der Waals surface area contributed by atoms with Gasteiger partial charge < -0.3 is 20.7 Å². The molecule has 0 aliphatic heterocycles. The minimum atomic E-state index is -0.559. The van der Waals surface area contributed by atoms with Crippen LogP contribution in [0.25, 0.3) is 0 Å². The van der Waals surface area contributed by atoms with Crippen molar-refractivity contribution < 1.29 is 9.53 Å². The molecule has 0 bridgehead atoms. The van der Waals surface area contributed by atoms with Gasteiger partial charge in [0.2, 0.25) is 5.91 Å². The Morgan fingerprint density at radius 2 is 2.05 bits per heavy atom. The molecule has 1 rings (SSSR count). The third-order valence-electron chi connectivity index (χ3n) is 3.12. The summed E-state index contributed by atoms with van der Waals surface area (Å²) in [6.45, 7) is 7.27. The topological polar surface area (TPSA) is 67.6 Å². The number of nitrogens with one attached hydrogen (secondary N) is 1. The smallest absolute Gasteiger partial charge is 0.241 e. The first-order valence-electron chi connectivity index (χ1n) is 7.14. The first-order valence-corrected chi connectivity index (χ1v) is 7.14. The summed E-state index contributed by atoms with van der Waals surface area (Å²) in [6, 6.07) is 6.79. The van der Waals surface area contributed by atoms with E-state index in [-0.39, 0.29) is 11.3 Å². The molecule has 21 heavy (non-hydrogen) atoms. The number of hydrogen-bond acceptors (Lipinski definition) is 4. The van der Waals surface area contributed by atoms with Gasteiger partial charge in [0.25, 0.3) is 0 Å². The van der Waals surface area contributed by atoms with Gasteiger partial charge in [-0.05, 0) is 31.6 Å². The molecule has 0 aromatic heterocycles. The zero-order valence-corrected chi connectivity index (χ0v) is 13.6. The highest BCUT2D eigenvalue weighted by molar-refractivity contribution is 5.95. The maximum atomic E-state index is 12.1. The second kappa shape index (κ2) is 7.43. The summed E-state index contributed by atoms with van der Waals surface area (Å²) in [5.74, 6) is 0.548. The van der Waals surface area contributed by atoms with E-state index in [0.29, 0.717) is 12.3 Å². The molecule has 5 heteroatoms. The second-order valence-electron chi connectivity index (χ2n) is 6.51. The molecular formula is C16H27N3O2. The molecule has 5 nitrogen and oxygen atoms in total. The summed E-state index contributed by atoms with van der Waals surface area (Å²) in [7, 11) is 3.99. The van der Waals surface area contributed by atoms with E-state index in [2.05, 4.69) is 5.32 Å². The molecule has 0 radical (unpaired) electrons. The molecule has 118 valence electrons. The fraction of sp³-hybridized carbons (Fsp3) is 0.562. The quantitative estimate of drug-likeness (QED) is 0.841. The first-order chi connectivity index (χ1) is 9.70. The zero-order valence-electron chi connectivity index (χ0n) is 13.6. The van der Waals surface area contributed by atoms with Crippen molar-refractivity contribution in [3.05, 3.63) is 24.3 Å². The van der Waals surface area contributed by atoms with Gasteiger partial charge in [0.15, 0.2) is 0 Å². The van der Waals surface area contributed by atoms with Crippen molar-refractivity contribution in [2.45, 2.75) is 26.8 Å². The molecule has 0 saturated carbocycles. The lowest BCUT2D eigenvalue weighted by Gasteiger charge is -2.25. The monoisotopic (exact) mass is 293 g/mol. The SMILES string of the molecule is CN(C)CCOc1cccc(NC(=O)[C@@H](N)C(C)(C)C)c1. The lowest BCUT2D eigenvalue weighted by Crippen LogP contribution is -2.45. The number of benzene rings is 1. The highest BCUT2D eigenvalue weighted by Gasteiger charge is 2.27. The number of likely N-dealkylation sites (N-methyl/N-ethyl adjacent to an activating group) is 1. The molecule has 0 fully saturated rings. The average molecular weight is 293 g/mol. The summed E-state index contributed by atoms with van der Waals surface area (Å²) in [5.41, 5.74) is 6.37. The van der Waals surface area contributed by atoms with Crippen molar-refractivity contribution in [1.82, 2.24) is 4.90 Å². The predicted molar refractivity (Wildman–Crippen MR) is 86.6 cm³/mol. The van der Waals surface area contributed by atoms with Gasteiger partial charge in [-0.15, -0.1) is 0 Å². The van der Waals surface area contributed by atoms with Crippen LogP contribution in [-0.2, 0) is 4.79 Å². The largest absolute Gasteiger partial charge is 0.492 e. The Labute approximate surface area is 127 Å². The molecule has 3 N–H and O–H groups in total. The van der Waals surface area contributed by atoms with Crippen molar-refractivity contribution >= 4 is 11.6 Å². The normalized spacial score (nSPS) is 13.1. The van der Waals surface area contributed by atoms with Gasteiger partial charge in [0, 0.05) is 18.3 Å². The van der Waals surface area contributed by atoms with Crippen molar-refractivity contribution in [1.29, 1.82) is 0 Å². The van der Waals surface area contributed by atoms with Crippen LogP contribution in [0.1, 0.15) is 20.8 Å². The fourth-order valence-corrected chi connectivity index (χ4v) is 1.62. The number of hydrogen-bond donors (Lipinski definition) is 2. The number of amides is 1. The Hall–Kier alpha value is -1.59. The lowest BCUT2D eigenvalue weighted by atomic mass is 9.87. The van der Waals surface area contributed by atoms with Gasteiger partial charge in [-0.2, -0.15) is 0 Å². The van der Waals surface area contributed by atoms with E-state index in [9.17, 15) is 4.79 Å². The number of ether oxygens (including phenoxy) is 1. The van der Waals surface area contributed by atoms with E-state index in [1.807, 2.05) is 64.0 Å². The summed E-state index contributed by atoms with van der Waals surface area (Å²) in [6.07, 6.45) is 0. The summed E-state index contributed by atoms with van der Waals surface area (Å²) in [5, 5.41) is 2.83. The van der Waals surface area contributed by atoms with Crippen molar-refractivity contribution in [2.24, 2.45) is 11.1 Å². The summed E-state index contributed by atoms with van der Waals surface area (Å²) >= 11 is 0.